The number of carbonyl (C=O) groups excluding carboxylic acids is 2. The smallest absolute Gasteiger partial charge is 0.254 e. The van der Waals surface area contributed by atoms with E-state index in [0.29, 0.717) is 12.6 Å². The molecule has 0 radical (unpaired) electrons. The molecule has 2 N–H and O–H groups in total. The zero-order chi connectivity index (χ0) is 19.6. The summed E-state index contributed by atoms with van der Waals surface area (Å²) in [4.78, 5) is 25.8. The Balaban J connectivity index is 1.69. The Kier molecular flexibility index (Phi) is 7.73. The first kappa shape index (κ1) is 20.4. The normalized spacial score (nSPS) is 10.3. The molecule has 0 bridgehead atoms. The summed E-state index contributed by atoms with van der Waals surface area (Å²) >= 11 is 0. The second kappa shape index (κ2) is 10.3. The van der Waals surface area contributed by atoms with Crippen molar-refractivity contribution < 1.29 is 18.4 Å². The quantitative estimate of drug-likeness (QED) is 0.663. The van der Waals surface area contributed by atoms with E-state index in [0.717, 1.165) is 37.3 Å². The van der Waals surface area contributed by atoms with Crippen LogP contribution in [-0.2, 0) is 4.79 Å². The van der Waals surface area contributed by atoms with E-state index in [2.05, 4.69) is 22.5 Å². The maximum atomic E-state index is 13.5. The first-order valence-corrected chi connectivity index (χ1v) is 8.81. The molecule has 2 aromatic carbocycles. The number of nitrogens with one attached hydrogen (secondary N) is 2. The van der Waals surface area contributed by atoms with Crippen LogP contribution in [0.25, 0.3) is 0 Å². The van der Waals surface area contributed by atoms with Gasteiger partial charge >= 0.3 is 0 Å². The van der Waals surface area contributed by atoms with E-state index in [-0.39, 0.29) is 18.0 Å². The number of benzene rings is 2. The fourth-order valence-electron chi connectivity index (χ4n) is 2.60. The number of para-hydroxylation sites is 1. The molecule has 27 heavy (non-hydrogen) atoms. The van der Waals surface area contributed by atoms with Crippen molar-refractivity contribution in [3.63, 3.8) is 0 Å². The lowest BCUT2D eigenvalue weighted by atomic mass is 10.2. The summed E-state index contributed by atoms with van der Waals surface area (Å²) in [5.74, 6) is -2.86. The average Bonchev–Trinajstić information content (AvgIpc) is 2.67. The van der Waals surface area contributed by atoms with E-state index >= 15 is 0 Å². The van der Waals surface area contributed by atoms with Crippen LogP contribution in [0, 0.1) is 11.6 Å². The van der Waals surface area contributed by atoms with Gasteiger partial charge in [-0.05, 0) is 37.6 Å². The zero-order valence-corrected chi connectivity index (χ0v) is 15.2. The predicted octanol–water partition coefficient (Wildman–Crippen LogP) is 2.73. The van der Waals surface area contributed by atoms with Crippen molar-refractivity contribution in [2.24, 2.45) is 0 Å². The Morgan fingerprint density at radius 1 is 1.04 bits per heavy atom. The molecule has 0 aliphatic heterocycles. The van der Waals surface area contributed by atoms with E-state index < -0.39 is 17.5 Å². The number of hydrogen-bond acceptors (Lipinski definition) is 3. The number of amides is 2. The molecule has 0 heterocycles. The summed E-state index contributed by atoms with van der Waals surface area (Å²) in [6.07, 6.45) is 0.745. The van der Waals surface area contributed by atoms with Crippen LogP contribution in [0.1, 0.15) is 23.7 Å². The number of hydrogen-bond donors (Lipinski definition) is 2. The van der Waals surface area contributed by atoms with Gasteiger partial charge in [0, 0.05) is 31.4 Å². The van der Waals surface area contributed by atoms with Crippen LogP contribution in [0.3, 0.4) is 0 Å². The van der Waals surface area contributed by atoms with Gasteiger partial charge in [-0.2, -0.15) is 0 Å². The first-order chi connectivity index (χ1) is 13.0. The van der Waals surface area contributed by atoms with E-state index in [4.69, 9.17) is 0 Å². The van der Waals surface area contributed by atoms with Gasteiger partial charge in [0.25, 0.3) is 5.91 Å². The number of nitrogens with zero attached hydrogens (tertiary/aromatic N) is 1. The van der Waals surface area contributed by atoms with Gasteiger partial charge in [-0.1, -0.05) is 18.2 Å². The third-order valence-corrected chi connectivity index (χ3v) is 4.02. The Morgan fingerprint density at radius 3 is 2.44 bits per heavy atom. The highest BCUT2D eigenvalue weighted by molar-refractivity contribution is 5.96. The van der Waals surface area contributed by atoms with Gasteiger partial charge in [0.05, 0.1) is 12.1 Å². The Hall–Kier alpha value is -2.96. The van der Waals surface area contributed by atoms with Crippen LogP contribution in [-0.4, -0.2) is 38.0 Å². The SMILES string of the molecule is CCN(CCCNC(=O)CNC(=O)c1ccc(F)cc1F)c1ccccc1. The highest BCUT2D eigenvalue weighted by Crippen LogP contribution is 2.12. The molecular weight excluding hydrogens is 352 g/mol. The molecule has 2 amide bonds. The van der Waals surface area contributed by atoms with Crippen molar-refractivity contribution in [2.75, 3.05) is 31.1 Å². The average molecular weight is 375 g/mol. The second-order valence-electron chi connectivity index (χ2n) is 5.93. The maximum Gasteiger partial charge on any atom is 0.254 e. The molecule has 0 aromatic heterocycles. The van der Waals surface area contributed by atoms with Gasteiger partial charge in [-0.3, -0.25) is 9.59 Å². The van der Waals surface area contributed by atoms with E-state index in [1.807, 2.05) is 30.3 Å². The molecule has 0 atom stereocenters. The van der Waals surface area contributed by atoms with Crippen LogP contribution in [0.5, 0.6) is 0 Å². The van der Waals surface area contributed by atoms with Crippen molar-refractivity contribution in [1.29, 1.82) is 0 Å². The summed E-state index contributed by atoms with van der Waals surface area (Å²) in [6.45, 7) is 3.90. The van der Waals surface area contributed by atoms with Crippen molar-refractivity contribution in [3.05, 3.63) is 65.7 Å². The van der Waals surface area contributed by atoms with Gasteiger partial charge in [0.2, 0.25) is 5.91 Å². The van der Waals surface area contributed by atoms with Crippen LogP contribution in [0.15, 0.2) is 48.5 Å². The molecule has 0 unspecified atom stereocenters. The predicted molar refractivity (Wildman–Crippen MR) is 101 cm³/mol. The lowest BCUT2D eigenvalue weighted by Gasteiger charge is -2.23. The molecule has 0 aliphatic rings. The van der Waals surface area contributed by atoms with Crippen LogP contribution >= 0.6 is 0 Å². The molecular formula is C20H23F2N3O2. The fourth-order valence-corrected chi connectivity index (χ4v) is 2.60. The van der Waals surface area contributed by atoms with Crippen molar-refractivity contribution in [1.82, 2.24) is 10.6 Å². The molecule has 0 aliphatic carbocycles. The second-order valence-corrected chi connectivity index (χ2v) is 5.93. The number of anilines is 1. The molecule has 5 nitrogen and oxygen atoms in total. The van der Waals surface area contributed by atoms with Gasteiger partial charge < -0.3 is 15.5 Å². The zero-order valence-electron chi connectivity index (χ0n) is 15.2. The van der Waals surface area contributed by atoms with Gasteiger partial charge in [-0.15, -0.1) is 0 Å². The summed E-state index contributed by atoms with van der Waals surface area (Å²) in [5.41, 5.74) is 0.825. The van der Waals surface area contributed by atoms with Crippen LogP contribution in [0.2, 0.25) is 0 Å². The lowest BCUT2D eigenvalue weighted by Crippen LogP contribution is -2.38. The van der Waals surface area contributed by atoms with Gasteiger partial charge in [0.1, 0.15) is 11.6 Å². The Morgan fingerprint density at radius 2 is 1.78 bits per heavy atom. The summed E-state index contributed by atoms with van der Waals surface area (Å²) in [5, 5.41) is 5.03. The highest BCUT2D eigenvalue weighted by atomic mass is 19.1. The van der Waals surface area contributed by atoms with Crippen LogP contribution < -0.4 is 15.5 Å². The molecule has 2 rings (SSSR count). The van der Waals surface area contributed by atoms with Gasteiger partial charge in [-0.25, -0.2) is 8.78 Å². The molecule has 0 spiro atoms. The highest BCUT2D eigenvalue weighted by Gasteiger charge is 2.13. The number of rotatable bonds is 9. The number of carbonyl (C=O) groups is 2. The fraction of sp³-hybridized carbons (Fsp3) is 0.300. The molecule has 0 saturated heterocycles. The topological polar surface area (TPSA) is 61.4 Å². The van der Waals surface area contributed by atoms with Crippen LogP contribution in [0.4, 0.5) is 14.5 Å². The molecule has 7 heteroatoms. The Labute approximate surface area is 157 Å². The lowest BCUT2D eigenvalue weighted by molar-refractivity contribution is -0.120. The van der Waals surface area contributed by atoms with Crippen molar-refractivity contribution in [2.45, 2.75) is 13.3 Å². The first-order valence-electron chi connectivity index (χ1n) is 8.81. The van der Waals surface area contributed by atoms with Crippen molar-refractivity contribution in [3.8, 4) is 0 Å². The molecule has 0 fully saturated rings. The summed E-state index contributed by atoms with van der Waals surface area (Å²) in [7, 11) is 0. The van der Waals surface area contributed by atoms with E-state index in [1.54, 1.807) is 0 Å². The van der Waals surface area contributed by atoms with Crippen molar-refractivity contribution >= 4 is 17.5 Å². The third kappa shape index (κ3) is 6.36. The minimum atomic E-state index is -0.964. The largest absolute Gasteiger partial charge is 0.372 e. The summed E-state index contributed by atoms with van der Waals surface area (Å²) in [6, 6.07) is 12.6. The number of halogens is 2. The summed E-state index contributed by atoms with van der Waals surface area (Å²) < 4.78 is 26.4. The molecule has 2 aromatic rings. The third-order valence-electron chi connectivity index (χ3n) is 4.02. The molecule has 0 saturated carbocycles. The van der Waals surface area contributed by atoms with Gasteiger partial charge in [0.15, 0.2) is 0 Å². The molecule has 144 valence electrons. The maximum absolute atomic E-state index is 13.5. The van der Waals surface area contributed by atoms with E-state index in [1.165, 1.54) is 0 Å². The van der Waals surface area contributed by atoms with E-state index in [9.17, 15) is 18.4 Å². The standard InChI is InChI=1S/C20H23F2N3O2/c1-2-25(16-7-4-3-5-8-16)12-6-11-23-19(26)14-24-20(27)17-10-9-15(21)13-18(17)22/h3-5,7-10,13H,2,6,11-12,14H2,1H3,(H,23,26)(H,24,27). The Bertz CT molecular complexity index is 769. The minimum Gasteiger partial charge on any atom is -0.372 e. The minimum absolute atomic E-state index is 0.272. The monoisotopic (exact) mass is 375 g/mol.